The molecule has 0 spiro atoms. The molecule has 2 aliphatic rings. The lowest BCUT2D eigenvalue weighted by molar-refractivity contribution is -0.113. The Balaban J connectivity index is 1.69. The molecule has 1 aromatic carbocycles. The molecule has 3 N–H and O–H groups in total. The average molecular weight is 567 g/mol. The quantitative estimate of drug-likeness (QED) is 0.325. The van der Waals surface area contributed by atoms with Gasteiger partial charge in [-0.2, -0.15) is 4.39 Å². The maximum atomic E-state index is 15.3. The molecule has 10 nitrogen and oxygen atoms in total. The molecule has 0 bridgehead atoms. The molecular formula is C27H20F2N4O6S. The number of fused-ring (bicyclic) bond motifs is 3. The highest BCUT2D eigenvalue weighted by Crippen LogP contribution is 2.40. The lowest BCUT2D eigenvalue weighted by Crippen LogP contribution is -2.35. The van der Waals surface area contributed by atoms with Crippen LogP contribution in [0.5, 0.6) is 0 Å². The number of pyridine rings is 1. The molecule has 204 valence electrons. The van der Waals surface area contributed by atoms with Gasteiger partial charge in [-0.1, -0.05) is 18.2 Å². The number of hydrogen-bond acceptors (Lipinski definition) is 7. The van der Waals surface area contributed by atoms with Gasteiger partial charge >= 0.3 is 0 Å². The summed E-state index contributed by atoms with van der Waals surface area (Å²) in [5.74, 6) is -4.09. The smallest absolute Gasteiger partial charge is 0.282 e. The van der Waals surface area contributed by atoms with Crippen LogP contribution >= 0.6 is 0 Å². The maximum Gasteiger partial charge on any atom is 0.282 e. The van der Waals surface area contributed by atoms with Crippen molar-refractivity contribution in [3.05, 3.63) is 83.0 Å². The number of halogens is 2. The molecule has 0 unspecified atom stereocenters. The lowest BCUT2D eigenvalue weighted by Gasteiger charge is -2.15. The van der Waals surface area contributed by atoms with Crippen LogP contribution in [0.3, 0.4) is 0 Å². The van der Waals surface area contributed by atoms with Crippen LogP contribution in [0.15, 0.2) is 53.3 Å². The van der Waals surface area contributed by atoms with Crippen LogP contribution in [-0.4, -0.2) is 40.8 Å². The Bertz CT molecular complexity index is 1950. The Labute approximate surface area is 225 Å². The molecule has 0 aliphatic heterocycles. The minimum Gasteiger partial charge on any atom is -0.463 e. The van der Waals surface area contributed by atoms with Gasteiger partial charge < -0.3 is 14.7 Å². The van der Waals surface area contributed by atoms with E-state index in [2.05, 4.69) is 9.71 Å². The topological polar surface area (TPSA) is 154 Å². The number of furan rings is 1. The van der Waals surface area contributed by atoms with Crippen molar-refractivity contribution in [2.45, 2.75) is 31.1 Å². The first kappa shape index (κ1) is 25.6. The molecule has 2 amide bonds. The second-order valence-corrected chi connectivity index (χ2v) is 11.5. The fraction of sp³-hybridized carbons (Fsp3) is 0.185. The third kappa shape index (κ3) is 4.18. The summed E-state index contributed by atoms with van der Waals surface area (Å²) in [5.41, 5.74) is 4.79. The SMILES string of the molecule is NC(=O)c1cnc(F)c(Cn2c(C(=O)NS(=O)(=O)C3CC3)c(C3=CC=CCC3=O)c3c4occc4c(F)cc32)c1. The van der Waals surface area contributed by atoms with E-state index >= 15 is 4.39 Å². The van der Waals surface area contributed by atoms with Crippen LogP contribution in [0.25, 0.3) is 27.4 Å². The predicted octanol–water partition coefficient (Wildman–Crippen LogP) is 3.34. The molecule has 2 aliphatic carbocycles. The molecule has 0 atom stereocenters. The van der Waals surface area contributed by atoms with Gasteiger partial charge in [0.2, 0.25) is 21.9 Å². The molecule has 6 rings (SSSR count). The van der Waals surface area contributed by atoms with Crippen molar-refractivity contribution in [1.29, 1.82) is 0 Å². The second kappa shape index (κ2) is 9.23. The van der Waals surface area contributed by atoms with Gasteiger partial charge in [0.1, 0.15) is 17.1 Å². The summed E-state index contributed by atoms with van der Waals surface area (Å²) in [6.07, 6.45) is 7.62. The number of allylic oxidation sites excluding steroid dienone is 4. The minimum absolute atomic E-state index is 0.00162. The number of nitrogens with one attached hydrogen (secondary N) is 1. The number of aromatic nitrogens is 2. The number of nitrogens with zero attached hydrogens (tertiary/aromatic N) is 2. The number of carbonyl (C=O) groups excluding carboxylic acids is 3. The van der Waals surface area contributed by atoms with Crippen LogP contribution in [-0.2, 0) is 21.4 Å². The Kier molecular flexibility index (Phi) is 5.91. The van der Waals surface area contributed by atoms with E-state index in [1.165, 1.54) is 23.0 Å². The second-order valence-electron chi connectivity index (χ2n) is 9.58. The van der Waals surface area contributed by atoms with E-state index in [0.717, 1.165) is 18.3 Å². The van der Waals surface area contributed by atoms with Gasteiger partial charge in [0, 0.05) is 29.3 Å². The lowest BCUT2D eigenvalue weighted by atomic mass is 9.93. The van der Waals surface area contributed by atoms with E-state index in [1.807, 2.05) is 0 Å². The summed E-state index contributed by atoms with van der Waals surface area (Å²) >= 11 is 0. The number of primary amides is 1. The first-order valence-electron chi connectivity index (χ1n) is 12.2. The van der Waals surface area contributed by atoms with Gasteiger partial charge in [-0.25, -0.2) is 22.5 Å². The molecule has 1 fully saturated rings. The highest BCUT2D eigenvalue weighted by Gasteiger charge is 2.39. The molecule has 3 aromatic heterocycles. The summed E-state index contributed by atoms with van der Waals surface area (Å²) in [6, 6.07) is 3.60. The van der Waals surface area contributed by atoms with Crippen molar-refractivity contribution in [2.75, 3.05) is 0 Å². The van der Waals surface area contributed by atoms with E-state index in [0.29, 0.717) is 12.8 Å². The van der Waals surface area contributed by atoms with Crippen molar-refractivity contribution in [1.82, 2.24) is 14.3 Å². The van der Waals surface area contributed by atoms with E-state index in [9.17, 15) is 27.2 Å². The summed E-state index contributed by atoms with van der Waals surface area (Å²) in [6.45, 7) is -0.494. The number of carbonyl (C=O) groups is 3. The van der Waals surface area contributed by atoms with Gasteiger partial charge in [-0.3, -0.25) is 14.4 Å². The molecule has 4 aromatic rings. The zero-order valence-electron chi connectivity index (χ0n) is 20.6. The number of ketones is 1. The summed E-state index contributed by atoms with van der Waals surface area (Å²) in [5, 5.41) is -0.532. The van der Waals surface area contributed by atoms with Gasteiger partial charge in [0.15, 0.2) is 5.78 Å². The summed E-state index contributed by atoms with van der Waals surface area (Å²) in [4.78, 5) is 42.2. The monoisotopic (exact) mass is 566 g/mol. The highest BCUT2D eigenvalue weighted by molar-refractivity contribution is 7.91. The van der Waals surface area contributed by atoms with Crippen LogP contribution in [0.4, 0.5) is 8.78 Å². The molecule has 3 heterocycles. The Morgan fingerprint density at radius 2 is 2.00 bits per heavy atom. The number of hydrogen-bond donors (Lipinski definition) is 2. The van der Waals surface area contributed by atoms with Gasteiger partial charge in [0.25, 0.3) is 5.91 Å². The minimum atomic E-state index is -4.06. The third-order valence-electron chi connectivity index (χ3n) is 6.93. The molecule has 1 saturated carbocycles. The van der Waals surface area contributed by atoms with Crippen molar-refractivity contribution >= 4 is 55.1 Å². The van der Waals surface area contributed by atoms with Crippen molar-refractivity contribution in [3.63, 3.8) is 0 Å². The molecule has 0 saturated heterocycles. The van der Waals surface area contributed by atoms with E-state index in [4.69, 9.17) is 10.2 Å². The van der Waals surface area contributed by atoms with Gasteiger partial charge in [-0.15, -0.1) is 0 Å². The number of sulfonamides is 1. The molecule has 40 heavy (non-hydrogen) atoms. The number of nitrogens with two attached hydrogens (primary N) is 1. The third-order valence-corrected chi connectivity index (χ3v) is 8.75. The summed E-state index contributed by atoms with van der Waals surface area (Å²) in [7, 11) is -4.06. The van der Waals surface area contributed by atoms with Gasteiger partial charge in [0.05, 0.1) is 39.9 Å². The number of benzene rings is 1. The Hall–Kier alpha value is -4.65. The van der Waals surface area contributed by atoms with E-state index < -0.39 is 45.4 Å². The normalized spacial score (nSPS) is 15.6. The largest absolute Gasteiger partial charge is 0.463 e. The first-order chi connectivity index (χ1) is 19.1. The number of amides is 2. The molecular weight excluding hydrogens is 546 g/mol. The van der Waals surface area contributed by atoms with E-state index in [1.54, 1.807) is 12.2 Å². The van der Waals surface area contributed by atoms with Crippen molar-refractivity contribution in [3.8, 4) is 0 Å². The van der Waals surface area contributed by atoms with Crippen molar-refractivity contribution in [2.24, 2.45) is 5.73 Å². The fourth-order valence-corrected chi connectivity index (χ4v) is 6.16. The maximum absolute atomic E-state index is 15.3. The zero-order valence-corrected chi connectivity index (χ0v) is 21.4. The van der Waals surface area contributed by atoms with Crippen molar-refractivity contribution < 1.29 is 36.0 Å². The van der Waals surface area contributed by atoms with Crippen LogP contribution < -0.4 is 10.5 Å². The molecule has 13 heteroatoms. The standard InChI is InChI=1S/C27H20F2N4O6S/c28-18-10-19-22(24-16(18)7-8-39-24)21(17-3-1-2-4-20(17)34)23(27(36)32-40(37,38)15-5-6-15)33(19)12-14-9-13(26(30)35)11-31-25(14)29/h1-3,7-11,15H,4-6,12H2,(H2,30,35)(H,32,36). The zero-order chi connectivity index (χ0) is 28.3. The number of Topliss-reactive ketones (excluding diaryl/α,β-unsaturated/α-hetero) is 1. The van der Waals surface area contributed by atoms with Crippen LogP contribution in [0.1, 0.15) is 51.2 Å². The average Bonchev–Trinajstić information content (AvgIpc) is 3.58. The Morgan fingerprint density at radius 3 is 2.70 bits per heavy atom. The Morgan fingerprint density at radius 1 is 1.23 bits per heavy atom. The van der Waals surface area contributed by atoms with Gasteiger partial charge in [-0.05, 0) is 31.0 Å². The molecule has 0 radical (unpaired) electrons. The fourth-order valence-electron chi connectivity index (χ4n) is 4.88. The first-order valence-corrected chi connectivity index (χ1v) is 13.7. The van der Waals surface area contributed by atoms with Crippen LogP contribution in [0.2, 0.25) is 0 Å². The predicted molar refractivity (Wildman–Crippen MR) is 140 cm³/mol. The van der Waals surface area contributed by atoms with E-state index in [-0.39, 0.29) is 62.0 Å². The van der Waals surface area contributed by atoms with Crippen LogP contribution in [0, 0.1) is 11.8 Å². The highest BCUT2D eigenvalue weighted by atomic mass is 32.2. The summed E-state index contributed by atoms with van der Waals surface area (Å²) < 4.78 is 64.6. The number of rotatable bonds is 7.